The molecule has 194 valence electrons. The van der Waals surface area contributed by atoms with E-state index in [1.807, 2.05) is 24.3 Å². The Hall–Kier alpha value is -3.11. The molecule has 1 aliphatic heterocycles. The van der Waals surface area contributed by atoms with Crippen molar-refractivity contribution in [3.63, 3.8) is 0 Å². The number of thioether (sulfide) groups is 1. The lowest BCUT2D eigenvalue weighted by Crippen LogP contribution is -2.30. The topological polar surface area (TPSA) is 80.1 Å². The molecule has 12 heteroatoms. The van der Waals surface area contributed by atoms with Crippen molar-refractivity contribution in [2.75, 3.05) is 17.2 Å². The molecule has 2 heterocycles. The fraction of sp³-hybridized carbons (Fsp3) is 0.154. The van der Waals surface area contributed by atoms with Crippen molar-refractivity contribution in [1.82, 2.24) is 20.1 Å². The molecule has 0 unspecified atom stereocenters. The van der Waals surface area contributed by atoms with Gasteiger partial charge < -0.3 is 10.2 Å². The molecule has 0 fully saturated rings. The van der Waals surface area contributed by atoms with E-state index in [0.717, 1.165) is 23.7 Å². The average Bonchev–Trinajstić information content (AvgIpc) is 3.52. The molecule has 0 spiro atoms. The zero-order valence-corrected chi connectivity index (χ0v) is 22.7. The van der Waals surface area contributed by atoms with E-state index in [9.17, 15) is 14.0 Å². The minimum absolute atomic E-state index is 0.00769. The van der Waals surface area contributed by atoms with Crippen LogP contribution in [0.15, 0.2) is 65.8 Å². The summed E-state index contributed by atoms with van der Waals surface area (Å²) >= 11 is 19.6. The number of aromatic nitrogens is 3. The zero-order chi connectivity index (χ0) is 26.8. The average molecular weight is 591 g/mol. The number of nitrogens with zero attached hydrogens (tertiary/aromatic N) is 4. The van der Waals surface area contributed by atoms with Crippen molar-refractivity contribution in [2.24, 2.45) is 0 Å². The summed E-state index contributed by atoms with van der Waals surface area (Å²) in [5.74, 6) is -1.04. The third-order valence-electron chi connectivity index (χ3n) is 5.97. The number of para-hydroxylation sites is 1. The summed E-state index contributed by atoms with van der Waals surface area (Å²) < 4.78 is 15.9. The van der Waals surface area contributed by atoms with Crippen LogP contribution in [0.1, 0.15) is 21.7 Å². The number of nitrogens with one attached hydrogen (secondary N) is 1. The summed E-state index contributed by atoms with van der Waals surface area (Å²) in [5, 5.41) is 12.2. The summed E-state index contributed by atoms with van der Waals surface area (Å²) in [6, 6.07) is 16.8. The second-order valence-corrected chi connectivity index (χ2v) is 10.5. The molecule has 4 aromatic rings. The van der Waals surface area contributed by atoms with Gasteiger partial charge in [-0.2, -0.15) is 0 Å². The molecular formula is C26H19Cl3FN5O2S. The van der Waals surface area contributed by atoms with Gasteiger partial charge in [-0.25, -0.2) is 4.39 Å². The molecule has 5 rings (SSSR count). The van der Waals surface area contributed by atoms with Crippen molar-refractivity contribution in [3.8, 4) is 5.69 Å². The van der Waals surface area contributed by atoms with Crippen LogP contribution in [-0.2, 0) is 17.8 Å². The number of halogens is 4. The first-order chi connectivity index (χ1) is 18.3. The van der Waals surface area contributed by atoms with Crippen molar-refractivity contribution >= 4 is 64.1 Å². The standard InChI is InChI=1S/C26H19Cl3FN5O2S/c27-17-9-8-16(12-19(17)29)35-22(13-31-25(37)24-18(28)5-3-6-20(24)30)32-33-26(35)38-14-23(36)34-11-10-15-4-1-2-7-21(15)34/h1-9,12H,10-11,13-14H2,(H,31,37). The van der Waals surface area contributed by atoms with Crippen LogP contribution in [0.25, 0.3) is 5.69 Å². The van der Waals surface area contributed by atoms with Gasteiger partial charge in [0.25, 0.3) is 5.91 Å². The van der Waals surface area contributed by atoms with E-state index >= 15 is 0 Å². The molecule has 1 N–H and O–H groups in total. The molecule has 2 amide bonds. The molecule has 0 saturated heterocycles. The molecule has 0 aliphatic carbocycles. The number of carbonyl (C=O) groups excluding carboxylic acids is 2. The van der Waals surface area contributed by atoms with Crippen LogP contribution in [0.2, 0.25) is 15.1 Å². The van der Waals surface area contributed by atoms with Gasteiger partial charge in [-0.15, -0.1) is 10.2 Å². The normalized spacial score (nSPS) is 12.5. The Morgan fingerprint density at radius 1 is 0.974 bits per heavy atom. The van der Waals surface area contributed by atoms with Gasteiger partial charge in [0.2, 0.25) is 5.91 Å². The Labute approximate surface area is 236 Å². The molecule has 0 radical (unpaired) electrons. The monoisotopic (exact) mass is 589 g/mol. The van der Waals surface area contributed by atoms with Crippen LogP contribution in [0.4, 0.5) is 10.1 Å². The molecule has 38 heavy (non-hydrogen) atoms. The molecule has 3 aromatic carbocycles. The predicted molar refractivity (Wildman–Crippen MR) is 147 cm³/mol. The van der Waals surface area contributed by atoms with Crippen molar-refractivity contribution in [2.45, 2.75) is 18.1 Å². The van der Waals surface area contributed by atoms with Crippen LogP contribution < -0.4 is 10.2 Å². The summed E-state index contributed by atoms with van der Waals surface area (Å²) in [6.45, 7) is 0.527. The summed E-state index contributed by atoms with van der Waals surface area (Å²) in [7, 11) is 0. The lowest BCUT2D eigenvalue weighted by Gasteiger charge is -2.17. The number of benzene rings is 3. The fourth-order valence-corrected chi connectivity index (χ4v) is 5.54. The van der Waals surface area contributed by atoms with Crippen LogP contribution in [0.3, 0.4) is 0 Å². The van der Waals surface area contributed by atoms with Crippen LogP contribution >= 0.6 is 46.6 Å². The Balaban J connectivity index is 1.38. The van der Waals surface area contributed by atoms with E-state index in [1.165, 1.54) is 23.9 Å². The van der Waals surface area contributed by atoms with Gasteiger partial charge in [-0.1, -0.05) is 70.8 Å². The van der Waals surface area contributed by atoms with Crippen molar-refractivity contribution < 1.29 is 14.0 Å². The van der Waals surface area contributed by atoms with Gasteiger partial charge in [0, 0.05) is 12.2 Å². The Morgan fingerprint density at radius 3 is 2.58 bits per heavy atom. The van der Waals surface area contributed by atoms with Crippen molar-refractivity contribution in [1.29, 1.82) is 0 Å². The SMILES string of the molecule is O=C(NCc1nnc(SCC(=O)N2CCc3ccccc32)n1-c1ccc(Cl)c(Cl)c1)c1c(F)cccc1Cl. The molecule has 0 atom stereocenters. The first kappa shape index (κ1) is 26.5. The lowest BCUT2D eigenvalue weighted by molar-refractivity contribution is -0.116. The van der Waals surface area contributed by atoms with Gasteiger partial charge in [0.05, 0.1) is 38.6 Å². The van der Waals surface area contributed by atoms with E-state index in [4.69, 9.17) is 34.8 Å². The van der Waals surface area contributed by atoms with Gasteiger partial charge in [-0.3, -0.25) is 14.2 Å². The van der Waals surface area contributed by atoms with Crippen LogP contribution in [0, 0.1) is 5.82 Å². The Kier molecular flexibility index (Phi) is 7.90. The highest BCUT2D eigenvalue weighted by molar-refractivity contribution is 7.99. The molecule has 0 saturated carbocycles. The predicted octanol–water partition coefficient (Wildman–Crippen LogP) is 5.98. The van der Waals surface area contributed by atoms with E-state index < -0.39 is 11.7 Å². The van der Waals surface area contributed by atoms with Crippen LogP contribution in [-0.4, -0.2) is 38.9 Å². The third-order valence-corrected chi connectivity index (χ3v) is 7.94. The van der Waals surface area contributed by atoms with E-state index in [-0.39, 0.29) is 28.8 Å². The van der Waals surface area contributed by atoms with Gasteiger partial charge >= 0.3 is 0 Å². The first-order valence-electron chi connectivity index (χ1n) is 11.5. The number of carbonyl (C=O) groups is 2. The van der Waals surface area contributed by atoms with Crippen molar-refractivity contribution in [3.05, 3.63) is 98.5 Å². The summed E-state index contributed by atoms with van der Waals surface area (Å²) in [4.78, 5) is 27.5. The summed E-state index contributed by atoms with van der Waals surface area (Å²) in [6.07, 6.45) is 0.807. The third kappa shape index (κ3) is 5.37. The highest BCUT2D eigenvalue weighted by atomic mass is 35.5. The largest absolute Gasteiger partial charge is 0.345 e. The number of anilines is 1. The van der Waals surface area contributed by atoms with Gasteiger partial charge in [0.15, 0.2) is 11.0 Å². The minimum atomic E-state index is -0.737. The Morgan fingerprint density at radius 2 is 1.79 bits per heavy atom. The highest BCUT2D eigenvalue weighted by Crippen LogP contribution is 2.31. The smallest absolute Gasteiger partial charge is 0.256 e. The van der Waals surface area contributed by atoms with E-state index in [1.54, 1.807) is 27.7 Å². The number of hydrogen-bond acceptors (Lipinski definition) is 5. The zero-order valence-electron chi connectivity index (χ0n) is 19.6. The molecule has 7 nitrogen and oxygen atoms in total. The second kappa shape index (κ2) is 11.3. The van der Waals surface area contributed by atoms with E-state index in [0.29, 0.717) is 33.3 Å². The van der Waals surface area contributed by atoms with E-state index in [2.05, 4.69) is 15.5 Å². The molecule has 0 bridgehead atoms. The number of hydrogen-bond donors (Lipinski definition) is 1. The number of fused-ring (bicyclic) bond motifs is 1. The number of rotatable bonds is 7. The molecule has 1 aliphatic rings. The maximum atomic E-state index is 14.2. The summed E-state index contributed by atoms with van der Waals surface area (Å²) in [5.41, 5.74) is 2.37. The highest BCUT2D eigenvalue weighted by Gasteiger charge is 2.25. The van der Waals surface area contributed by atoms with Gasteiger partial charge in [0.1, 0.15) is 5.82 Å². The maximum Gasteiger partial charge on any atom is 0.256 e. The minimum Gasteiger partial charge on any atom is -0.345 e. The van der Waals surface area contributed by atoms with Crippen LogP contribution in [0.5, 0.6) is 0 Å². The maximum absolute atomic E-state index is 14.2. The fourth-order valence-electron chi connectivity index (χ4n) is 4.16. The van der Waals surface area contributed by atoms with Gasteiger partial charge in [-0.05, 0) is 48.4 Å². The lowest BCUT2D eigenvalue weighted by atomic mass is 10.2. The quantitative estimate of drug-likeness (QED) is 0.268. The Bertz CT molecular complexity index is 1530. The molecule has 1 aromatic heterocycles. The second-order valence-electron chi connectivity index (χ2n) is 8.32. The number of amides is 2. The molecular weight excluding hydrogens is 572 g/mol. The first-order valence-corrected chi connectivity index (χ1v) is 13.6.